The van der Waals surface area contributed by atoms with E-state index in [0.717, 1.165) is 22.3 Å². The molecule has 0 bridgehead atoms. The van der Waals surface area contributed by atoms with Crippen LogP contribution in [0.3, 0.4) is 0 Å². The van der Waals surface area contributed by atoms with E-state index in [1.165, 1.54) is 18.7 Å². The number of benzene rings is 3. The number of amides is 1. The molecule has 0 spiro atoms. The number of aromatic amines is 1. The number of aromatic nitrogens is 4. The number of H-pyrrole nitrogens is 1. The number of ether oxygens (including phenoxy) is 1. The van der Waals surface area contributed by atoms with Crippen molar-refractivity contribution in [1.82, 2.24) is 31.1 Å². The molecule has 0 radical (unpaired) electrons. The molecule has 0 fully saturated rings. The highest BCUT2D eigenvalue weighted by molar-refractivity contribution is 8.13. The number of hydrogen-bond acceptors (Lipinski definition) is 9. The van der Waals surface area contributed by atoms with E-state index in [1.54, 1.807) is 11.1 Å². The second-order valence-electron chi connectivity index (χ2n) is 10.8. The van der Waals surface area contributed by atoms with Gasteiger partial charge in [-0.15, -0.1) is 5.10 Å². The largest absolute Gasteiger partial charge is 0.457 e. The molecular weight excluding hydrogens is 576 g/mol. The Kier molecular flexibility index (Phi) is 11.8. The van der Waals surface area contributed by atoms with Gasteiger partial charge in [0, 0.05) is 37.2 Å². The summed E-state index contributed by atoms with van der Waals surface area (Å²) in [4.78, 5) is 38.7. The van der Waals surface area contributed by atoms with E-state index in [-0.39, 0.29) is 23.5 Å². The molecule has 44 heavy (non-hydrogen) atoms. The summed E-state index contributed by atoms with van der Waals surface area (Å²) in [5.41, 5.74) is 7.48. The summed E-state index contributed by atoms with van der Waals surface area (Å²) < 4.78 is 5.76. The number of nitrogens with zero attached hydrogens (tertiary/aromatic N) is 4. The van der Waals surface area contributed by atoms with Crippen LogP contribution < -0.4 is 5.43 Å². The summed E-state index contributed by atoms with van der Waals surface area (Å²) in [5, 5.41) is 15.9. The molecule has 0 saturated carbocycles. The van der Waals surface area contributed by atoms with Crippen molar-refractivity contribution in [3.05, 3.63) is 89.5 Å². The van der Waals surface area contributed by atoms with Crippen molar-refractivity contribution in [2.75, 3.05) is 12.3 Å². The van der Waals surface area contributed by atoms with E-state index < -0.39 is 5.97 Å². The quantitative estimate of drug-likeness (QED) is 0.136. The molecule has 1 atom stereocenters. The summed E-state index contributed by atoms with van der Waals surface area (Å²) in [6.45, 7) is 8.44. The lowest BCUT2D eigenvalue weighted by Crippen LogP contribution is -2.46. The van der Waals surface area contributed by atoms with Crippen molar-refractivity contribution >= 4 is 28.8 Å². The van der Waals surface area contributed by atoms with Crippen molar-refractivity contribution in [3.8, 4) is 22.5 Å². The van der Waals surface area contributed by atoms with E-state index in [0.29, 0.717) is 48.1 Å². The fraction of sp³-hybridized carbons (Fsp3) is 0.333. The second-order valence-corrected chi connectivity index (χ2v) is 12.0. The maximum absolute atomic E-state index is 13.6. The van der Waals surface area contributed by atoms with Crippen LogP contribution in [0.5, 0.6) is 0 Å². The van der Waals surface area contributed by atoms with Crippen molar-refractivity contribution in [3.63, 3.8) is 0 Å². The number of carbonyl (C=O) groups is 3. The lowest BCUT2D eigenvalue weighted by molar-refractivity contribution is -0.138. The van der Waals surface area contributed by atoms with Gasteiger partial charge in [0.05, 0.1) is 5.56 Å². The van der Waals surface area contributed by atoms with Crippen LogP contribution in [0.15, 0.2) is 72.8 Å². The zero-order valence-corrected chi connectivity index (χ0v) is 26.3. The standard InChI is InChI=1S/C33H38N6O4S/c1-5-39(32(41)26(17-22(2)3)21-44-23(4)40)34-19-25-15-16-28(27-13-9-10-14-29(27)31-35-37-38-36-31)30(18-25)33(42)43-20-24-11-7-6-8-12-24/h6-16,18,22,26,34H,5,17,19-21H2,1-4H3,(H,35,36,37,38). The minimum absolute atomic E-state index is 0.00419. The Morgan fingerprint density at radius 3 is 2.34 bits per heavy atom. The zero-order valence-electron chi connectivity index (χ0n) is 25.4. The number of esters is 1. The average Bonchev–Trinajstić information content (AvgIpc) is 3.57. The molecule has 230 valence electrons. The monoisotopic (exact) mass is 614 g/mol. The van der Waals surface area contributed by atoms with Crippen LogP contribution in [0.2, 0.25) is 0 Å². The molecule has 10 nitrogen and oxygen atoms in total. The number of hydrogen-bond donors (Lipinski definition) is 2. The normalized spacial score (nSPS) is 11.8. The van der Waals surface area contributed by atoms with Gasteiger partial charge in [-0.05, 0) is 58.0 Å². The Labute approximate surface area is 261 Å². The number of nitrogens with one attached hydrogen (secondary N) is 2. The highest BCUT2D eigenvalue weighted by atomic mass is 32.2. The van der Waals surface area contributed by atoms with Gasteiger partial charge in [0.25, 0.3) is 0 Å². The van der Waals surface area contributed by atoms with Crippen LogP contribution in [-0.2, 0) is 27.5 Å². The number of tetrazole rings is 1. The maximum atomic E-state index is 13.6. The summed E-state index contributed by atoms with van der Waals surface area (Å²) in [6, 6.07) is 22.7. The first kappa shape index (κ1) is 32.6. The van der Waals surface area contributed by atoms with Crippen LogP contribution in [0, 0.1) is 11.8 Å². The zero-order chi connectivity index (χ0) is 31.5. The van der Waals surface area contributed by atoms with Crippen LogP contribution in [0.4, 0.5) is 0 Å². The van der Waals surface area contributed by atoms with Crippen molar-refractivity contribution in [1.29, 1.82) is 0 Å². The lowest BCUT2D eigenvalue weighted by atomic mass is 9.93. The SMILES string of the molecule is CCN(NCc1ccc(-c2ccccc2-c2nnn[nH]2)c(C(=O)OCc2ccccc2)c1)C(=O)C(CSC(C)=O)CC(C)C. The molecule has 11 heteroatoms. The van der Waals surface area contributed by atoms with Gasteiger partial charge in [-0.2, -0.15) is 0 Å². The van der Waals surface area contributed by atoms with Gasteiger partial charge in [0.1, 0.15) is 6.61 Å². The number of thioether (sulfide) groups is 1. The van der Waals surface area contributed by atoms with Gasteiger partial charge in [0.15, 0.2) is 10.9 Å². The summed E-state index contributed by atoms with van der Waals surface area (Å²) >= 11 is 1.18. The molecular formula is C33H38N6O4S. The summed E-state index contributed by atoms with van der Waals surface area (Å²) in [6.07, 6.45) is 0.684. The molecule has 1 aromatic heterocycles. The molecule has 0 aliphatic rings. The molecule has 0 saturated heterocycles. The Bertz CT molecular complexity index is 1550. The molecule has 3 aromatic carbocycles. The molecule has 0 aliphatic carbocycles. The number of carbonyl (C=O) groups excluding carboxylic acids is 3. The first-order valence-electron chi connectivity index (χ1n) is 14.6. The highest BCUT2D eigenvalue weighted by Crippen LogP contribution is 2.33. The van der Waals surface area contributed by atoms with Gasteiger partial charge in [-0.3, -0.25) is 14.6 Å². The Balaban J connectivity index is 1.61. The number of hydrazine groups is 1. The predicted molar refractivity (Wildman–Crippen MR) is 171 cm³/mol. The molecule has 4 aromatic rings. The van der Waals surface area contributed by atoms with Crippen molar-refractivity contribution in [2.24, 2.45) is 11.8 Å². The fourth-order valence-corrected chi connectivity index (χ4v) is 5.60. The van der Waals surface area contributed by atoms with Crippen LogP contribution >= 0.6 is 11.8 Å². The summed E-state index contributed by atoms with van der Waals surface area (Å²) in [7, 11) is 0. The van der Waals surface area contributed by atoms with Crippen molar-refractivity contribution in [2.45, 2.75) is 47.3 Å². The minimum atomic E-state index is -0.474. The van der Waals surface area contributed by atoms with Crippen LogP contribution in [0.1, 0.15) is 55.6 Å². The second kappa shape index (κ2) is 15.9. The Morgan fingerprint density at radius 2 is 1.68 bits per heavy atom. The molecule has 0 aliphatic heterocycles. The molecule has 1 amide bonds. The predicted octanol–water partition coefficient (Wildman–Crippen LogP) is 5.69. The first-order chi connectivity index (χ1) is 21.3. The van der Waals surface area contributed by atoms with Gasteiger partial charge >= 0.3 is 5.97 Å². The third-order valence-corrected chi connectivity index (χ3v) is 7.96. The van der Waals surface area contributed by atoms with Gasteiger partial charge in [0.2, 0.25) is 5.91 Å². The van der Waals surface area contributed by atoms with Crippen LogP contribution in [0.25, 0.3) is 22.5 Å². The highest BCUT2D eigenvalue weighted by Gasteiger charge is 2.26. The van der Waals surface area contributed by atoms with Gasteiger partial charge in [-0.1, -0.05) is 92.3 Å². The van der Waals surface area contributed by atoms with E-state index >= 15 is 0 Å². The first-order valence-corrected chi connectivity index (χ1v) is 15.6. The topological polar surface area (TPSA) is 130 Å². The van der Waals surface area contributed by atoms with E-state index in [4.69, 9.17) is 4.74 Å². The Hall–Kier alpha value is -4.35. The number of rotatable bonds is 14. The van der Waals surface area contributed by atoms with E-state index in [1.807, 2.05) is 73.7 Å². The summed E-state index contributed by atoms with van der Waals surface area (Å²) in [5.74, 6) is 0.413. The minimum Gasteiger partial charge on any atom is -0.457 e. The van der Waals surface area contributed by atoms with E-state index in [2.05, 4.69) is 39.9 Å². The molecule has 1 unspecified atom stereocenters. The molecule has 4 rings (SSSR count). The van der Waals surface area contributed by atoms with E-state index in [9.17, 15) is 14.4 Å². The lowest BCUT2D eigenvalue weighted by Gasteiger charge is -2.27. The third kappa shape index (κ3) is 8.84. The maximum Gasteiger partial charge on any atom is 0.339 e. The third-order valence-electron chi connectivity index (χ3n) is 6.98. The van der Waals surface area contributed by atoms with Crippen LogP contribution in [-0.4, -0.2) is 54.9 Å². The smallest absolute Gasteiger partial charge is 0.339 e. The Morgan fingerprint density at radius 1 is 0.955 bits per heavy atom. The van der Waals surface area contributed by atoms with Gasteiger partial charge < -0.3 is 4.74 Å². The average molecular weight is 615 g/mol. The van der Waals surface area contributed by atoms with Crippen molar-refractivity contribution < 1.29 is 19.1 Å². The van der Waals surface area contributed by atoms with Gasteiger partial charge in [-0.25, -0.2) is 15.3 Å². The fourth-order valence-electron chi connectivity index (χ4n) is 4.88. The molecule has 1 heterocycles. The molecule has 2 N–H and O–H groups in total.